The molecule has 0 aliphatic heterocycles. The molecule has 0 fully saturated rings. The molecule has 2 aromatic carbocycles. The lowest BCUT2D eigenvalue weighted by molar-refractivity contribution is -0.129. The highest BCUT2D eigenvalue weighted by Crippen LogP contribution is 2.13. The van der Waals surface area contributed by atoms with Crippen LogP contribution in [0, 0.1) is 0 Å². The Morgan fingerprint density at radius 1 is 1.04 bits per heavy atom. The van der Waals surface area contributed by atoms with Crippen molar-refractivity contribution in [2.75, 3.05) is 6.61 Å². The number of amides is 2. The summed E-state index contributed by atoms with van der Waals surface area (Å²) in [5.41, 5.74) is 9.11. The number of benzene rings is 2. The van der Waals surface area contributed by atoms with E-state index in [0.29, 0.717) is 12.4 Å². The van der Waals surface area contributed by atoms with Crippen molar-refractivity contribution in [3.63, 3.8) is 0 Å². The van der Waals surface area contributed by atoms with Gasteiger partial charge in [-0.1, -0.05) is 42.5 Å². The summed E-state index contributed by atoms with van der Waals surface area (Å²) in [5.74, 6) is -0.368. The van der Waals surface area contributed by atoms with Gasteiger partial charge in [-0.15, -0.1) is 0 Å². The molecule has 3 N–H and O–H groups in total. The highest BCUT2D eigenvalue weighted by molar-refractivity contribution is 5.90. The Bertz CT molecular complexity index is 697. The van der Waals surface area contributed by atoms with Crippen LogP contribution in [0.4, 0.5) is 0 Å². The monoisotopic (exact) mass is 326 g/mol. The number of hydrogen-bond acceptors (Lipinski definition) is 4. The first-order valence-corrected chi connectivity index (χ1v) is 7.28. The molecule has 0 aliphatic rings. The van der Waals surface area contributed by atoms with Crippen molar-refractivity contribution >= 4 is 17.9 Å². The van der Waals surface area contributed by atoms with Crippen molar-refractivity contribution in [3.05, 3.63) is 71.8 Å². The molecule has 0 spiro atoms. The van der Waals surface area contributed by atoms with Gasteiger partial charge >= 0.3 is 0 Å². The molecule has 6 heteroatoms. The summed E-state index contributed by atoms with van der Waals surface area (Å²) in [5, 5.41) is 0. The molecule has 0 heterocycles. The summed E-state index contributed by atoms with van der Waals surface area (Å²) in [7, 11) is 0. The number of hydrogen-bond donors (Lipinski definition) is 2. The van der Waals surface area contributed by atoms with Crippen LogP contribution < -0.4 is 16.0 Å². The zero-order chi connectivity index (χ0) is 17.2. The quantitative estimate of drug-likeness (QED) is 0.572. The van der Waals surface area contributed by atoms with Crippen LogP contribution in [0.25, 0.3) is 6.08 Å². The minimum atomic E-state index is -0.536. The third kappa shape index (κ3) is 6.33. The van der Waals surface area contributed by atoms with E-state index in [1.165, 1.54) is 6.08 Å². The largest absolute Gasteiger partial charge is 0.484 e. The second-order valence-electron chi connectivity index (χ2n) is 4.90. The summed E-state index contributed by atoms with van der Waals surface area (Å²) in [6.07, 6.45) is 3.00. The first-order chi connectivity index (χ1) is 11.6. The fourth-order valence-corrected chi connectivity index (χ4v) is 1.80. The lowest BCUT2D eigenvalue weighted by Crippen LogP contribution is -2.21. The molecule has 0 bridgehead atoms. The predicted octanol–water partition coefficient (Wildman–Crippen LogP) is 1.81. The van der Waals surface area contributed by atoms with E-state index in [2.05, 4.69) is 5.48 Å². The molecule has 6 nitrogen and oxygen atoms in total. The van der Waals surface area contributed by atoms with E-state index in [1.54, 1.807) is 30.3 Å². The number of hydroxylamine groups is 1. The summed E-state index contributed by atoms with van der Waals surface area (Å²) in [4.78, 5) is 27.4. The molecule has 2 rings (SSSR count). The molecule has 24 heavy (non-hydrogen) atoms. The van der Waals surface area contributed by atoms with Gasteiger partial charge < -0.3 is 10.5 Å². The van der Waals surface area contributed by atoms with Gasteiger partial charge in [-0.3, -0.25) is 14.4 Å². The van der Waals surface area contributed by atoms with E-state index in [-0.39, 0.29) is 12.5 Å². The minimum absolute atomic E-state index is 0.170. The second-order valence-corrected chi connectivity index (χ2v) is 4.90. The van der Waals surface area contributed by atoms with E-state index in [9.17, 15) is 9.59 Å². The lowest BCUT2D eigenvalue weighted by atomic mass is 10.2. The summed E-state index contributed by atoms with van der Waals surface area (Å²) >= 11 is 0. The molecule has 0 unspecified atom stereocenters. The third-order valence-corrected chi connectivity index (χ3v) is 2.94. The van der Waals surface area contributed by atoms with Crippen molar-refractivity contribution in [2.24, 2.45) is 5.73 Å². The zero-order valence-corrected chi connectivity index (χ0v) is 13.0. The van der Waals surface area contributed by atoms with Crippen LogP contribution >= 0.6 is 0 Å². The standard InChI is InChI=1S/C18H18N2O4/c19-17(21)13-23-16-9-6-14(7-10-16)8-11-18(22)20-24-12-15-4-2-1-3-5-15/h1-11H,12-13H2,(H2,19,21)(H,20,22)/b11-8+. The summed E-state index contributed by atoms with van der Waals surface area (Å²) in [6, 6.07) is 16.4. The average molecular weight is 326 g/mol. The second kappa shape index (κ2) is 9.12. The van der Waals surface area contributed by atoms with E-state index in [4.69, 9.17) is 15.3 Å². The molecule has 124 valence electrons. The Kier molecular flexibility index (Phi) is 6.55. The smallest absolute Gasteiger partial charge is 0.267 e. The Morgan fingerprint density at radius 2 is 1.75 bits per heavy atom. The predicted molar refractivity (Wildman–Crippen MR) is 89.5 cm³/mol. The van der Waals surface area contributed by atoms with Crippen molar-refractivity contribution in [1.29, 1.82) is 0 Å². The van der Waals surface area contributed by atoms with Gasteiger partial charge in [0.05, 0.1) is 6.61 Å². The maximum absolute atomic E-state index is 11.7. The zero-order valence-electron chi connectivity index (χ0n) is 13.0. The SMILES string of the molecule is NC(=O)COc1ccc(/C=C/C(=O)NOCc2ccccc2)cc1. The third-order valence-electron chi connectivity index (χ3n) is 2.94. The molecular formula is C18H18N2O4. The van der Waals surface area contributed by atoms with E-state index < -0.39 is 5.91 Å². The van der Waals surface area contributed by atoms with Crippen LogP contribution in [0.2, 0.25) is 0 Å². The molecule has 0 saturated heterocycles. The fraction of sp³-hybridized carbons (Fsp3) is 0.111. The van der Waals surface area contributed by atoms with Gasteiger partial charge in [0.25, 0.3) is 11.8 Å². The fourth-order valence-electron chi connectivity index (χ4n) is 1.80. The van der Waals surface area contributed by atoms with Gasteiger partial charge in [-0.25, -0.2) is 5.48 Å². The van der Waals surface area contributed by atoms with Crippen LogP contribution in [-0.2, 0) is 21.0 Å². The first kappa shape index (κ1) is 17.2. The maximum atomic E-state index is 11.7. The molecule has 2 aromatic rings. The summed E-state index contributed by atoms with van der Waals surface area (Å²) < 4.78 is 5.15. The number of rotatable bonds is 8. The van der Waals surface area contributed by atoms with Gasteiger partial charge in [0, 0.05) is 6.08 Å². The number of carbonyl (C=O) groups excluding carboxylic acids is 2. The van der Waals surface area contributed by atoms with Gasteiger partial charge in [0.1, 0.15) is 5.75 Å². The van der Waals surface area contributed by atoms with E-state index in [0.717, 1.165) is 11.1 Å². The number of carbonyl (C=O) groups is 2. The molecule has 0 aromatic heterocycles. The van der Waals surface area contributed by atoms with E-state index >= 15 is 0 Å². The Hall–Kier alpha value is -3.12. The van der Waals surface area contributed by atoms with Crippen LogP contribution in [-0.4, -0.2) is 18.4 Å². The summed E-state index contributed by atoms with van der Waals surface area (Å²) in [6.45, 7) is 0.128. The molecule has 0 atom stereocenters. The van der Waals surface area contributed by atoms with Crippen LogP contribution in [0.1, 0.15) is 11.1 Å². The highest BCUT2D eigenvalue weighted by atomic mass is 16.6. The number of primary amides is 1. The normalized spacial score (nSPS) is 10.5. The van der Waals surface area contributed by atoms with E-state index in [1.807, 2.05) is 30.3 Å². The first-order valence-electron chi connectivity index (χ1n) is 7.28. The number of nitrogens with two attached hydrogens (primary N) is 1. The maximum Gasteiger partial charge on any atom is 0.267 e. The van der Waals surface area contributed by atoms with Crippen molar-refractivity contribution < 1.29 is 19.2 Å². The van der Waals surface area contributed by atoms with Crippen molar-refractivity contribution in [2.45, 2.75) is 6.61 Å². The molecule has 0 aliphatic carbocycles. The highest BCUT2D eigenvalue weighted by Gasteiger charge is 1.99. The lowest BCUT2D eigenvalue weighted by Gasteiger charge is -2.04. The topological polar surface area (TPSA) is 90.7 Å². The average Bonchev–Trinajstić information content (AvgIpc) is 2.60. The molecule has 0 saturated carbocycles. The molecule has 0 radical (unpaired) electrons. The van der Waals surface area contributed by atoms with Gasteiger partial charge in [-0.2, -0.15) is 0 Å². The molecule has 2 amide bonds. The Labute approximate surface area is 139 Å². The Balaban J connectivity index is 1.75. The van der Waals surface area contributed by atoms with Crippen LogP contribution in [0.5, 0.6) is 5.75 Å². The van der Waals surface area contributed by atoms with Crippen LogP contribution in [0.15, 0.2) is 60.7 Å². The number of ether oxygens (including phenoxy) is 1. The van der Waals surface area contributed by atoms with Crippen LogP contribution in [0.3, 0.4) is 0 Å². The minimum Gasteiger partial charge on any atom is -0.484 e. The van der Waals surface area contributed by atoms with Crippen molar-refractivity contribution in [3.8, 4) is 5.75 Å². The number of nitrogens with one attached hydrogen (secondary N) is 1. The van der Waals surface area contributed by atoms with Gasteiger partial charge in [0.15, 0.2) is 6.61 Å². The Morgan fingerprint density at radius 3 is 2.42 bits per heavy atom. The molecular weight excluding hydrogens is 308 g/mol. The van der Waals surface area contributed by atoms with Gasteiger partial charge in [0.2, 0.25) is 0 Å². The van der Waals surface area contributed by atoms with Gasteiger partial charge in [-0.05, 0) is 29.3 Å². The van der Waals surface area contributed by atoms with Crippen molar-refractivity contribution in [1.82, 2.24) is 5.48 Å².